The summed E-state index contributed by atoms with van der Waals surface area (Å²) in [5.74, 6) is 0.986. The first kappa shape index (κ1) is 25.0. The molecule has 7 heteroatoms. The number of likely N-dealkylation sites (tertiary alicyclic amines) is 1. The number of nitrogens with zero attached hydrogens (tertiary/aromatic N) is 1. The third-order valence-electron chi connectivity index (χ3n) is 7.37. The molecule has 4 unspecified atom stereocenters. The summed E-state index contributed by atoms with van der Waals surface area (Å²) in [6.45, 7) is 6.44. The van der Waals surface area contributed by atoms with E-state index in [0.29, 0.717) is 42.7 Å². The standard InChI is InChI=1S/C28H35NO6/c1-18(30)28(3)17-29(27(32)26(35-19(2)31)21-8-6-5-7-9-21)15-23(28)22-12-13-24(33-4)25(14-22)34-16-20-10-11-20/h5-9,12-14,18,20,23,26,30H,10-11,15-17H2,1-4H3. The molecule has 1 aliphatic heterocycles. The fourth-order valence-electron chi connectivity index (χ4n) is 4.83. The normalized spacial score (nSPS) is 23.5. The van der Waals surface area contributed by atoms with Gasteiger partial charge in [0.05, 0.1) is 19.8 Å². The average molecular weight is 482 g/mol. The average Bonchev–Trinajstić information content (AvgIpc) is 3.61. The number of esters is 1. The van der Waals surface area contributed by atoms with E-state index < -0.39 is 23.6 Å². The molecule has 1 saturated carbocycles. The quantitative estimate of drug-likeness (QED) is 0.543. The molecule has 0 aromatic heterocycles. The summed E-state index contributed by atoms with van der Waals surface area (Å²) in [5, 5.41) is 10.8. The van der Waals surface area contributed by atoms with Crippen molar-refractivity contribution in [2.24, 2.45) is 11.3 Å². The molecule has 1 saturated heterocycles. The zero-order valence-corrected chi connectivity index (χ0v) is 20.9. The Morgan fingerprint density at radius 3 is 2.46 bits per heavy atom. The van der Waals surface area contributed by atoms with Crippen molar-refractivity contribution < 1.29 is 28.9 Å². The van der Waals surface area contributed by atoms with E-state index in [2.05, 4.69) is 0 Å². The van der Waals surface area contributed by atoms with Gasteiger partial charge in [0, 0.05) is 36.9 Å². The predicted molar refractivity (Wildman–Crippen MR) is 131 cm³/mol. The fourth-order valence-corrected chi connectivity index (χ4v) is 4.83. The van der Waals surface area contributed by atoms with Crippen molar-refractivity contribution in [2.75, 3.05) is 26.8 Å². The summed E-state index contributed by atoms with van der Waals surface area (Å²) in [5.41, 5.74) is 0.990. The van der Waals surface area contributed by atoms with Crippen LogP contribution < -0.4 is 9.47 Å². The van der Waals surface area contributed by atoms with Gasteiger partial charge in [0.25, 0.3) is 5.91 Å². The number of methoxy groups -OCH3 is 1. The van der Waals surface area contributed by atoms with Gasteiger partial charge >= 0.3 is 5.97 Å². The molecule has 2 aromatic rings. The molecule has 35 heavy (non-hydrogen) atoms. The van der Waals surface area contributed by atoms with Gasteiger partial charge in [0.15, 0.2) is 11.5 Å². The van der Waals surface area contributed by atoms with Crippen molar-refractivity contribution in [2.45, 2.75) is 51.7 Å². The molecule has 2 aliphatic rings. The summed E-state index contributed by atoms with van der Waals surface area (Å²) in [6.07, 6.45) is 0.672. The largest absolute Gasteiger partial charge is 0.493 e. The number of carbonyl (C=O) groups is 2. The van der Waals surface area contributed by atoms with Crippen molar-refractivity contribution in [1.82, 2.24) is 4.90 Å². The Hall–Kier alpha value is -3.06. The number of amides is 1. The molecular formula is C28H35NO6. The molecule has 2 fully saturated rings. The molecule has 1 aliphatic carbocycles. The van der Waals surface area contributed by atoms with Crippen LogP contribution in [0, 0.1) is 11.3 Å². The number of aliphatic hydroxyl groups excluding tert-OH is 1. The Morgan fingerprint density at radius 1 is 1.14 bits per heavy atom. The number of hydrogen-bond donors (Lipinski definition) is 1. The maximum absolute atomic E-state index is 13.6. The van der Waals surface area contributed by atoms with Gasteiger partial charge in [-0.3, -0.25) is 9.59 Å². The van der Waals surface area contributed by atoms with E-state index in [1.807, 2.05) is 43.3 Å². The number of carbonyl (C=O) groups excluding carboxylic acids is 2. The van der Waals surface area contributed by atoms with Crippen LogP contribution in [0.15, 0.2) is 48.5 Å². The van der Waals surface area contributed by atoms with E-state index in [0.717, 1.165) is 5.56 Å². The van der Waals surface area contributed by atoms with Gasteiger partial charge in [0.2, 0.25) is 6.10 Å². The molecule has 1 N–H and O–H groups in total. The van der Waals surface area contributed by atoms with Crippen molar-refractivity contribution >= 4 is 11.9 Å². The SMILES string of the molecule is COc1ccc(C2CN(C(=O)C(OC(C)=O)c3ccccc3)CC2(C)C(C)O)cc1OCC1CC1. The molecule has 0 radical (unpaired) electrons. The van der Waals surface area contributed by atoms with Crippen molar-refractivity contribution in [3.8, 4) is 11.5 Å². The van der Waals surface area contributed by atoms with E-state index >= 15 is 0 Å². The minimum Gasteiger partial charge on any atom is -0.493 e. The second kappa shape index (κ2) is 10.3. The van der Waals surface area contributed by atoms with Crippen molar-refractivity contribution in [3.05, 3.63) is 59.7 Å². The Kier molecular flexibility index (Phi) is 7.36. The zero-order chi connectivity index (χ0) is 25.2. The van der Waals surface area contributed by atoms with Crippen LogP contribution in [-0.2, 0) is 14.3 Å². The Bertz CT molecular complexity index is 1050. The fraction of sp³-hybridized carbons (Fsp3) is 0.500. The van der Waals surface area contributed by atoms with Crippen LogP contribution in [0.3, 0.4) is 0 Å². The van der Waals surface area contributed by atoms with E-state index in [-0.39, 0.29) is 11.8 Å². The van der Waals surface area contributed by atoms with E-state index in [1.165, 1.54) is 19.8 Å². The first-order valence-electron chi connectivity index (χ1n) is 12.2. The monoisotopic (exact) mass is 481 g/mol. The number of aliphatic hydroxyl groups is 1. The Labute approximate surface area is 207 Å². The lowest BCUT2D eigenvalue weighted by molar-refractivity contribution is -0.159. The highest BCUT2D eigenvalue weighted by atomic mass is 16.5. The summed E-state index contributed by atoms with van der Waals surface area (Å²) < 4.78 is 17.0. The van der Waals surface area contributed by atoms with E-state index in [4.69, 9.17) is 14.2 Å². The van der Waals surface area contributed by atoms with E-state index in [9.17, 15) is 14.7 Å². The predicted octanol–water partition coefficient (Wildman–Crippen LogP) is 4.10. The molecule has 0 spiro atoms. The summed E-state index contributed by atoms with van der Waals surface area (Å²) in [4.78, 5) is 27.2. The van der Waals surface area contributed by atoms with Gasteiger partial charge in [0.1, 0.15) is 0 Å². The van der Waals surface area contributed by atoms with Gasteiger partial charge in [-0.25, -0.2) is 0 Å². The summed E-state index contributed by atoms with van der Waals surface area (Å²) in [7, 11) is 1.62. The van der Waals surface area contributed by atoms with Crippen molar-refractivity contribution in [1.29, 1.82) is 0 Å². The van der Waals surface area contributed by atoms with Gasteiger partial charge in [-0.1, -0.05) is 43.3 Å². The molecule has 1 amide bonds. The molecule has 1 heterocycles. The van der Waals surface area contributed by atoms with Gasteiger partial charge in [-0.2, -0.15) is 0 Å². The molecular weight excluding hydrogens is 446 g/mol. The molecule has 2 aromatic carbocycles. The van der Waals surface area contributed by atoms with Crippen LogP contribution in [0.2, 0.25) is 0 Å². The third-order valence-corrected chi connectivity index (χ3v) is 7.37. The van der Waals surface area contributed by atoms with Gasteiger partial charge in [-0.15, -0.1) is 0 Å². The smallest absolute Gasteiger partial charge is 0.303 e. The van der Waals surface area contributed by atoms with Crippen molar-refractivity contribution in [3.63, 3.8) is 0 Å². The van der Waals surface area contributed by atoms with E-state index in [1.54, 1.807) is 31.1 Å². The minimum atomic E-state index is -1.03. The van der Waals surface area contributed by atoms with Crippen LogP contribution in [0.4, 0.5) is 0 Å². The number of rotatable bonds is 9. The summed E-state index contributed by atoms with van der Waals surface area (Å²) >= 11 is 0. The maximum atomic E-state index is 13.6. The second-order valence-corrected chi connectivity index (χ2v) is 10.0. The van der Waals surface area contributed by atoms with Crippen LogP contribution in [0.25, 0.3) is 0 Å². The Morgan fingerprint density at radius 2 is 1.86 bits per heavy atom. The first-order valence-corrected chi connectivity index (χ1v) is 12.2. The molecule has 4 atom stereocenters. The third kappa shape index (κ3) is 5.45. The lowest BCUT2D eigenvalue weighted by Crippen LogP contribution is -2.39. The first-order chi connectivity index (χ1) is 16.7. The van der Waals surface area contributed by atoms with Crippen LogP contribution in [0.5, 0.6) is 11.5 Å². The molecule has 4 rings (SSSR count). The zero-order valence-electron chi connectivity index (χ0n) is 20.9. The number of hydrogen-bond acceptors (Lipinski definition) is 6. The van der Waals surface area contributed by atoms with Gasteiger partial charge in [-0.05, 0) is 43.4 Å². The Balaban J connectivity index is 1.63. The summed E-state index contributed by atoms with van der Waals surface area (Å²) in [6, 6.07) is 14.9. The lowest BCUT2D eigenvalue weighted by atomic mass is 9.72. The number of benzene rings is 2. The lowest BCUT2D eigenvalue weighted by Gasteiger charge is -2.34. The highest BCUT2D eigenvalue weighted by Crippen LogP contribution is 2.47. The topological polar surface area (TPSA) is 85.3 Å². The minimum absolute atomic E-state index is 0.144. The van der Waals surface area contributed by atoms with Crippen LogP contribution in [-0.4, -0.2) is 54.8 Å². The molecule has 7 nitrogen and oxygen atoms in total. The second-order valence-electron chi connectivity index (χ2n) is 10.0. The van der Waals surface area contributed by atoms with Crippen LogP contribution in [0.1, 0.15) is 56.8 Å². The molecule has 0 bridgehead atoms. The number of ether oxygens (including phenoxy) is 3. The van der Waals surface area contributed by atoms with Gasteiger partial charge < -0.3 is 24.2 Å². The molecule has 188 valence electrons. The maximum Gasteiger partial charge on any atom is 0.303 e. The van der Waals surface area contributed by atoms with Crippen LogP contribution >= 0.6 is 0 Å². The highest BCUT2D eigenvalue weighted by molar-refractivity contribution is 5.85. The highest BCUT2D eigenvalue weighted by Gasteiger charge is 2.49.